The topological polar surface area (TPSA) is 46.9 Å². The van der Waals surface area contributed by atoms with E-state index in [-0.39, 0.29) is 11.9 Å². The standard InChI is InChI=1S/C21H17N3OS/c25-21(17-14-22-24(15-17)18-10-5-2-6-11-18)23-20(19-12-7-13-26-19)16-8-3-1-4-9-16/h1-15,20H,(H,23,25). The van der Waals surface area contributed by atoms with Crippen molar-refractivity contribution in [1.29, 1.82) is 0 Å². The Morgan fingerprint density at radius 1 is 0.962 bits per heavy atom. The van der Waals surface area contributed by atoms with E-state index in [2.05, 4.69) is 10.4 Å². The maximum atomic E-state index is 12.8. The summed E-state index contributed by atoms with van der Waals surface area (Å²) in [5.41, 5.74) is 2.51. The van der Waals surface area contributed by atoms with Crippen LogP contribution in [0.1, 0.15) is 26.8 Å². The molecule has 1 unspecified atom stereocenters. The summed E-state index contributed by atoms with van der Waals surface area (Å²) < 4.78 is 1.71. The molecule has 4 aromatic rings. The van der Waals surface area contributed by atoms with Crippen LogP contribution in [0.15, 0.2) is 90.6 Å². The van der Waals surface area contributed by atoms with Crippen LogP contribution in [0.2, 0.25) is 0 Å². The van der Waals surface area contributed by atoms with Gasteiger partial charge in [-0.15, -0.1) is 11.3 Å². The van der Waals surface area contributed by atoms with Gasteiger partial charge in [-0.1, -0.05) is 54.6 Å². The lowest BCUT2D eigenvalue weighted by Crippen LogP contribution is -2.28. The molecular formula is C21H17N3OS. The van der Waals surface area contributed by atoms with Gasteiger partial charge in [-0.2, -0.15) is 5.10 Å². The van der Waals surface area contributed by atoms with Crippen molar-refractivity contribution in [3.63, 3.8) is 0 Å². The molecule has 0 aliphatic carbocycles. The number of thiophene rings is 1. The monoisotopic (exact) mass is 359 g/mol. The van der Waals surface area contributed by atoms with Crippen LogP contribution < -0.4 is 5.32 Å². The molecule has 2 aromatic heterocycles. The van der Waals surface area contributed by atoms with Crippen LogP contribution in [0.4, 0.5) is 0 Å². The number of hydrogen-bond acceptors (Lipinski definition) is 3. The number of amides is 1. The minimum Gasteiger partial charge on any atom is -0.340 e. The van der Waals surface area contributed by atoms with Gasteiger partial charge >= 0.3 is 0 Å². The number of hydrogen-bond donors (Lipinski definition) is 1. The Hall–Kier alpha value is -3.18. The number of carbonyl (C=O) groups is 1. The highest BCUT2D eigenvalue weighted by molar-refractivity contribution is 7.10. The molecule has 26 heavy (non-hydrogen) atoms. The highest BCUT2D eigenvalue weighted by Gasteiger charge is 2.19. The smallest absolute Gasteiger partial charge is 0.255 e. The number of nitrogens with zero attached hydrogens (tertiary/aromatic N) is 2. The molecular weight excluding hydrogens is 342 g/mol. The van der Waals surface area contributed by atoms with E-state index in [9.17, 15) is 4.79 Å². The molecule has 1 N–H and O–H groups in total. The Bertz CT molecular complexity index is 979. The maximum absolute atomic E-state index is 12.8. The molecule has 1 amide bonds. The maximum Gasteiger partial charge on any atom is 0.255 e. The van der Waals surface area contributed by atoms with E-state index in [0.29, 0.717) is 5.56 Å². The fraction of sp³-hybridized carbons (Fsp3) is 0.0476. The normalized spacial score (nSPS) is 11.8. The van der Waals surface area contributed by atoms with E-state index in [4.69, 9.17) is 0 Å². The first-order chi connectivity index (χ1) is 12.8. The van der Waals surface area contributed by atoms with Crippen LogP contribution in [-0.2, 0) is 0 Å². The SMILES string of the molecule is O=C(NC(c1ccccc1)c1cccs1)c1cnn(-c2ccccc2)c1. The second-order valence-electron chi connectivity index (χ2n) is 5.84. The first-order valence-electron chi connectivity index (χ1n) is 8.30. The molecule has 0 aliphatic rings. The van der Waals surface area contributed by atoms with Crippen LogP contribution in [0.5, 0.6) is 0 Å². The number of para-hydroxylation sites is 1. The third-order valence-corrected chi connectivity index (χ3v) is 5.04. The van der Waals surface area contributed by atoms with E-state index in [0.717, 1.165) is 16.1 Å². The quantitative estimate of drug-likeness (QED) is 0.572. The van der Waals surface area contributed by atoms with Crippen LogP contribution in [0.25, 0.3) is 5.69 Å². The van der Waals surface area contributed by atoms with Gasteiger partial charge in [-0.25, -0.2) is 4.68 Å². The third kappa shape index (κ3) is 3.43. The minimum absolute atomic E-state index is 0.144. The summed E-state index contributed by atoms with van der Waals surface area (Å²) in [7, 11) is 0. The van der Waals surface area contributed by atoms with Gasteiger partial charge in [0.25, 0.3) is 5.91 Å². The van der Waals surface area contributed by atoms with E-state index < -0.39 is 0 Å². The molecule has 2 heterocycles. The van der Waals surface area contributed by atoms with E-state index in [1.54, 1.807) is 28.4 Å². The van der Waals surface area contributed by atoms with Crippen molar-refractivity contribution in [3.05, 3.63) is 107 Å². The van der Waals surface area contributed by atoms with Gasteiger partial charge in [-0.3, -0.25) is 4.79 Å². The van der Waals surface area contributed by atoms with E-state index in [1.807, 2.05) is 78.2 Å². The lowest BCUT2D eigenvalue weighted by molar-refractivity contribution is 0.0943. The van der Waals surface area contributed by atoms with Gasteiger partial charge in [0.2, 0.25) is 0 Å². The van der Waals surface area contributed by atoms with Crippen LogP contribution >= 0.6 is 11.3 Å². The summed E-state index contributed by atoms with van der Waals surface area (Å²) in [6.07, 6.45) is 3.35. The lowest BCUT2D eigenvalue weighted by Gasteiger charge is -2.17. The summed E-state index contributed by atoms with van der Waals surface area (Å²) >= 11 is 1.63. The molecule has 0 aliphatic heterocycles. The molecule has 0 bridgehead atoms. The zero-order valence-electron chi connectivity index (χ0n) is 13.9. The summed E-state index contributed by atoms with van der Waals surface area (Å²) in [4.78, 5) is 13.9. The molecule has 0 saturated heterocycles. The Balaban J connectivity index is 1.59. The number of nitrogens with one attached hydrogen (secondary N) is 1. The van der Waals surface area contributed by atoms with Crippen molar-refractivity contribution in [1.82, 2.24) is 15.1 Å². The molecule has 0 radical (unpaired) electrons. The molecule has 0 fully saturated rings. The summed E-state index contributed by atoms with van der Waals surface area (Å²) in [5.74, 6) is -0.144. The molecule has 1 atom stereocenters. The van der Waals surface area contributed by atoms with Crippen LogP contribution in [-0.4, -0.2) is 15.7 Å². The van der Waals surface area contributed by atoms with E-state index in [1.165, 1.54) is 0 Å². The number of aromatic nitrogens is 2. The van der Waals surface area contributed by atoms with Crippen molar-refractivity contribution in [2.75, 3.05) is 0 Å². The van der Waals surface area contributed by atoms with Gasteiger partial charge in [0.05, 0.1) is 23.5 Å². The second-order valence-corrected chi connectivity index (χ2v) is 6.82. The molecule has 128 valence electrons. The van der Waals surface area contributed by atoms with Gasteiger partial charge in [0, 0.05) is 11.1 Å². The van der Waals surface area contributed by atoms with Gasteiger partial charge in [-0.05, 0) is 29.1 Å². The van der Waals surface area contributed by atoms with Gasteiger partial charge in [0.15, 0.2) is 0 Å². The number of benzene rings is 2. The van der Waals surface area contributed by atoms with Crippen molar-refractivity contribution >= 4 is 17.2 Å². The lowest BCUT2D eigenvalue weighted by atomic mass is 10.1. The van der Waals surface area contributed by atoms with Gasteiger partial charge < -0.3 is 5.32 Å². The highest BCUT2D eigenvalue weighted by atomic mass is 32.1. The Kier molecular flexibility index (Phi) is 4.62. The Morgan fingerprint density at radius 2 is 1.69 bits per heavy atom. The van der Waals surface area contributed by atoms with Crippen molar-refractivity contribution < 1.29 is 4.79 Å². The fourth-order valence-electron chi connectivity index (χ4n) is 2.80. The predicted molar refractivity (Wildman–Crippen MR) is 104 cm³/mol. The molecule has 5 heteroatoms. The zero-order valence-corrected chi connectivity index (χ0v) is 14.8. The summed E-state index contributed by atoms with van der Waals surface area (Å²) in [6, 6.07) is 23.6. The van der Waals surface area contributed by atoms with Crippen molar-refractivity contribution in [2.24, 2.45) is 0 Å². The summed E-state index contributed by atoms with van der Waals surface area (Å²) in [6.45, 7) is 0. The highest BCUT2D eigenvalue weighted by Crippen LogP contribution is 2.26. The van der Waals surface area contributed by atoms with Gasteiger partial charge in [0.1, 0.15) is 0 Å². The molecule has 4 rings (SSSR count). The minimum atomic E-state index is -0.177. The molecule has 0 saturated carbocycles. The number of carbonyl (C=O) groups excluding carboxylic acids is 1. The van der Waals surface area contributed by atoms with Crippen LogP contribution in [0.3, 0.4) is 0 Å². The number of rotatable bonds is 5. The Labute approximate surface area is 155 Å². The fourth-order valence-corrected chi connectivity index (χ4v) is 3.60. The molecule has 4 nitrogen and oxygen atoms in total. The summed E-state index contributed by atoms with van der Waals surface area (Å²) in [5, 5.41) is 9.46. The second kappa shape index (κ2) is 7.37. The Morgan fingerprint density at radius 3 is 2.38 bits per heavy atom. The molecule has 0 spiro atoms. The van der Waals surface area contributed by atoms with Crippen LogP contribution in [0, 0.1) is 0 Å². The predicted octanol–water partition coefficient (Wildman–Crippen LogP) is 4.45. The van der Waals surface area contributed by atoms with E-state index >= 15 is 0 Å². The first kappa shape index (κ1) is 16.3. The average molecular weight is 359 g/mol. The first-order valence-corrected chi connectivity index (χ1v) is 9.18. The van der Waals surface area contributed by atoms with Crippen molar-refractivity contribution in [2.45, 2.75) is 6.04 Å². The average Bonchev–Trinajstić information content (AvgIpc) is 3.39. The molecule has 2 aromatic carbocycles. The van der Waals surface area contributed by atoms with Crippen molar-refractivity contribution in [3.8, 4) is 5.69 Å². The zero-order chi connectivity index (χ0) is 17.8. The third-order valence-electron chi connectivity index (χ3n) is 4.10. The largest absolute Gasteiger partial charge is 0.340 e.